The number of halogens is 1. The van der Waals surface area contributed by atoms with Crippen LogP contribution >= 0.6 is 22.6 Å². The molecule has 2 N–H and O–H groups in total. The van der Waals surface area contributed by atoms with Gasteiger partial charge < -0.3 is 24.4 Å². The third-order valence-corrected chi connectivity index (χ3v) is 3.72. The van der Waals surface area contributed by atoms with Crippen LogP contribution in [0.25, 0.3) is 0 Å². The summed E-state index contributed by atoms with van der Waals surface area (Å²) in [7, 11) is 2.99. The molecule has 6 heteroatoms. The van der Waals surface area contributed by atoms with Gasteiger partial charge in [0.05, 0.1) is 22.7 Å². The minimum atomic E-state index is -1.00. The van der Waals surface area contributed by atoms with Gasteiger partial charge in [0, 0.05) is 14.2 Å². The molecule has 0 amide bonds. The lowest BCUT2D eigenvalue weighted by molar-refractivity contribution is -0.258. The number of hydrogen-bond acceptors (Lipinski definition) is 5. The molecule has 84 valence electrons. The molecule has 0 bridgehead atoms. The fraction of sp³-hybridized carbons (Fsp3) is 1.00. The summed E-state index contributed by atoms with van der Waals surface area (Å²) in [5.74, 6) is 0. The molecule has 0 radical (unpaired) electrons. The maximum absolute atomic E-state index is 9.67. The van der Waals surface area contributed by atoms with Crippen molar-refractivity contribution in [3.8, 4) is 0 Å². The van der Waals surface area contributed by atoms with E-state index in [1.807, 2.05) is 22.6 Å². The fourth-order valence-corrected chi connectivity index (χ4v) is 2.19. The molecule has 1 aliphatic heterocycles. The monoisotopic (exact) mass is 318 g/mol. The van der Waals surface area contributed by atoms with Crippen molar-refractivity contribution in [2.45, 2.75) is 28.5 Å². The molecule has 0 aliphatic carbocycles. The molecule has 1 aliphatic rings. The van der Waals surface area contributed by atoms with Gasteiger partial charge in [-0.3, -0.25) is 0 Å². The van der Waals surface area contributed by atoms with E-state index in [-0.39, 0.29) is 10.0 Å². The van der Waals surface area contributed by atoms with Crippen molar-refractivity contribution in [1.82, 2.24) is 0 Å². The number of ether oxygens (including phenoxy) is 3. The van der Waals surface area contributed by atoms with Crippen LogP contribution in [0.5, 0.6) is 0 Å². The van der Waals surface area contributed by atoms with Crippen LogP contribution in [0.2, 0.25) is 0 Å². The highest BCUT2D eigenvalue weighted by Crippen LogP contribution is 2.27. The van der Waals surface area contributed by atoms with E-state index in [9.17, 15) is 10.2 Å². The van der Waals surface area contributed by atoms with Gasteiger partial charge in [0.2, 0.25) is 0 Å². The SMILES string of the molecule is COCC1OC(OC)C(O)C(O)C1I. The zero-order chi connectivity index (χ0) is 10.7. The number of aliphatic hydroxyl groups excluding tert-OH is 2. The van der Waals surface area contributed by atoms with E-state index < -0.39 is 18.5 Å². The summed E-state index contributed by atoms with van der Waals surface area (Å²) in [6.07, 6.45) is -2.90. The number of rotatable bonds is 3. The first-order valence-corrected chi connectivity index (χ1v) is 5.53. The van der Waals surface area contributed by atoms with Gasteiger partial charge in [-0.15, -0.1) is 0 Å². The molecule has 0 saturated carbocycles. The molecule has 1 saturated heterocycles. The van der Waals surface area contributed by atoms with Crippen molar-refractivity contribution in [1.29, 1.82) is 0 Å². The summed E-state index contributed by atoms with van der Waals surface area (Å²) in [4.78, 5) is 0. The van der Waals surface area contributed by atoms with E-state index >= 15 is 0 Å². The topological polar surface area (TPSA) is 68.2 Å². The standard InChI is InChI=1S/C8H15IO5/c1-12-3-4-5(9)6(10)7(11)8(13-2)14-4/h4-8,10-11H,3H2,1-2H3. The van der Waals surface area contributed by atoms with E-state index in [1.54, 1.807) is 7.11 Å². The molecule has 14 heavy (non-hydrogen) atoms. The van der Waals surface area contributed by atoms with Gasteiger partial charge in [-0.25, -0.2) is 0 Å². The molecular formula is C8H15IO5. The van der Waals surface area contributed by atoms with Crippen LogP contribution in [0, 0.1) is 0 Å². The Morgan fingerprint density at radius 2 is 1.93 bits per heavy atom. The Morgan fingerprint density at radius 1 is 1.29 bits per heavy atom. The van der Waals surface area contributed by atoms with E-state index in [0.717, 1.165) is 0 Å². The third-order valence-electron chi connectivity index (χ3n) is 2.18. The highest BCUT2D eigenvalue weighted by Gasteiger charge is 2.43. The zero-order valence-corrected chi connectivity index (χ0v) is 10.2. The average Bonchev–Trinajstić information content (AvgIpc) is 2.19. The highest BCUT2D eigenvalue weighted by molar-refractivity contribution is 14.1. The van der Waals surface area contributed by atoms with Gasteiger partial charge in [0.15, 0.2) is 6.29 Å². The lowest BCUT2D eigenvalue weighted by atomic mass is 10.0. The number of alkyl halides is 1. The molecule has 5 atom stereocenters. The summed E-state index contributed by atoms with van der Waals surface area (Å²) in [6.45, 7) is 0.372. The largest absolute Gasteiger partial charge is 0.389 e. The molecule has 1 fully saturated rings. The highest BCUT2D eigenvalue weighted by atomic mass is 127. The fourth-order valence-electron chi connectivity index (χ4n) is 1.39. The first kappa shape index (κ1) is 12.6. The number of aliphatic hydroxyl groups is 2. The Bertz CT molecular complexity index is 175. The van der Waals surface area contributed by atoms with Gasteiger partial charge in [-0.05, 0) is 0 Å². The van der Waals surface area contributed by atoms with E-state index in [0.29, 0.717) is 6.61 Å². The van der Waals surface area contributed by atoms with Crippen molar-refractivity contribution in [3.05, 3.63) is 0 Å². The smallest absolute Gasteiger partial charge is 0.186 e. The third kappa shape index (κ3) is 2.56. The molecule has 1 heterocycles. The molecular weight excluding hydrogens is 303 g/mol. The average molecular weight is 318 g/mol. The summed E-state index contributed by atoms with van der Waals surface area (Å²) in [5.41, 5.74) is 0. The maximum Gasteiger partial charge on any atom is 0.186 e. The lowest BCUT2D eigenvalue weighted by Crippen LogP contribution is -2.56. The molecule has 5 nitrogen and oxygen atoms in total. The van der Waals surface area contributed by atoms with Gasteiger partial charge in [0.25, 0.3) is 0 Å². The maximum atomic E-state index is 9.67. The van der Waals surface area contributed by atoms with Crippen LogP contribution in [-0.4, -0.2) is 59.6 Å². The normalized spacial score (nSPS) is 43.9. The predicted molar refractivity (Wildman–Crippen MR) is 57.4 cm³/mol. The molecule has 1 rings (SSSR count). The Balaban J connectivity index is 2.63. The van der Waals surface area contributed by atoms with Crippen LogP contribution in [0.1, 0.15) is 0 Å². The summed E-state index contributed by atoms with van der Waals surface area (Å²) in [5, 5.41) is 19.2. The minimum absolute atomic E-state index is 0.200. The van der Waals surface area contributed by atoms with Crippen molar-refractivity contribution in [3.63, 3.8) is 0 Å². The Kier molecular flexibility index (Phi) is 5.01. The predicted octanol–water partition coefficient (Wildman–Crippen LogP) is -0.471. The summed E-state index contributed by atoms with van der Waals surface area (Å²) < 4.78 is 15.1. The molecule has 0 aromatic carbocycles. The van der Waals surface area contributed by atoms with Gasteiger partial charge in [0.1, 0.15) is 6.10 Å². The van der Waals surface area contributed by atoms with E-state index in [2.05, 4.69) is 0 Å². The zero-order valence-electron chi connectivity index (χ0n) is 8.09. The number of methoxy groups -OCH3 is 2. The quantitative estimate of drug-likeness (QED) is 0.544. The van der Waals surface area contributed by atoms with Crippen LogP contribution in [0.15, 0.2) is 0 Å². The van der Waals surface area contributed by atoms with Crippen molar-refractivity contribution in [2.75, 3.05) is 20.8 Å². The Labute approximate surface area is 96.5 Å². The van der Waals surface area contributed by atoms with Crippen LogP contribution < -0.4 is 0 Å². The van der Waals surface area contributed by atoms with Gasteiger partial charge in [-0.1, -0.05) is 22.6 Å². The second-order valence-corrected chi connectivity index (χ2v) is 4.60. The first-order chi connectivity index (χ1) is 6.61. The second-order valence-electron chi connectivity index (χ2n) is 3.16. The second kappa shape index (κ2) is 5.57. The van der Waals surface area contributed by atoms with Crippen molar-refractivity contribution < 1.29 is 24.4 Å². The molecule has 5 unspecified atom stereocenters. The van der Waals surface area contributed by atoms with Gasteiger partial charge in [-0.2, -0.15) is 0 Å². The van der Waals surface area contributed by atoms with Crippen molar-refractivity contribution in [2.24, 2.45) is 0 Å². The first-order valence-electron chi connectivity index (χ1n) is 4.29. The van der Waals surface area contributed by atoms with Crippen molar-refractivity contribution >= 4 is 22.6 Å². The van der Waals surface area contributed by atoms with Gasteiger partial charge >= 0.3 is 0 Å². The molecule has 0 aromatic rings. The minimum Gasteiger partial charge on any atom is -0.389 e. The van der Waals surface area contributed by atoms with E-state index in [4.69, 9.17) is 14.2 Å². The van der Waals surface area contributed by atoms with Crippen LogP contribution in [0.3, 0.4) is 0 Å². The molecule has 0 spiro atoms. The Morgan fingerprint density at radius 3 is 2.43 bits per heavy atom. The van der Waals surface area contributed by atoms with Crippen LogP contribution in [0.4, 0.5) is 0 Å². The van der Waals surface area contributed by atoms with Crippen LogP contribution in [-0.2, 0) is 14.2 Å². The summed E-state index contributed by atoms with van der Waals surface area (Å²) in [6, 6.07) is 0. The lowest BCUT2D eigenvalue weighted by Gasteiger charge is -2.39. The number of hydrogen-bond donors (Lipinski definition) is 2. The Hall–Kier alpha value is 0.530. The molecule has 0 aromatic heterocycles. The summed E-state index contributed by atoms with van der Waals surface area (Å²) >= 11 is 2.04. The van der Waals surface area contributed by atoms with E-state index in [1.165, 1.54) is 7.11 Å².